The van der Waals surface area contributed by atoms with Crippen molar-refractivity contribution in [3.63, 3.8) is 0 Å². The number of halogens is 3. The second kappa shape index (κ2) is 11.5. The summed E-state index contributed by atoms with van der Waals surface area (Å²) in [5.74, 6) is 1.55. The average molecular weight is 652 g/mol. The van der Waals surface area contributed by atoms with Gasteiger partial charge in [0, 0.05) is 48.2 Å². The van der Waals surface area contributed by atoms with E-state index in [1.165, 1.54) is 30.2 Å². The summed E-state index contributed by atoms with van der Waals surface area (Å²) >= 11 is 0. The fourth-order valence-electron chi connectivity index (χ4n) is 8.02. The third-order valence-electron chi connectivity index (χ3n) is 10.0. The van der Waals surface area contributed by atoms with E-state index < -0.39 is 35.7 Å². The van der Waals surface area contributed by atoms with Gasteiger partial charge in [-0.05, 0) is 61.0 Å². The highest BCUT2D eigenvalue weighted by molar-refractivity contribution is 6.47. The number of benzene rings is 3. The van der Waals surface area contributed by atoms with Gasteiger partial charge in [-0.3, -0.25) is 4.90 Å². The minimum absolute atomic E-state index is 0.0122. The molecule has 0 radical (unpaired) electrons. The van der Waals surface area contributed by atoms with Gasteiger partial charge in [0.05, 0.1) is 16.7 Å². The molecule has 3 fully saturated rings. The first kappa shape index (κ1) is 30.7. The number of hydrogen-bond acceptors (Lipinski definition) is 9. The molecule has 4 aromatic rings. The third-order valence-corrected chi connectivity index (χ3v) is 10.0. The molecular formula is C35H32BF3N6O3. The van der Waals surface area contributed by atoms with Gasteiger partial charge < -0.3 is 30.7 Å². The molecule has 3 atom stereocenters. The fourth-order valence-corrected chi connectivity index (χ4v) is 8.02. The van der Waals surface area contributed by atoms with Gasteiger partial charge >= 0.3 is 13.1 Å². The number of piperazine rings is 1. The van der Waals surface area contributed by atoms with E-state index in [2.05, 4.69) is 33.3 Å². The zero-order valence-corrected chi connectivity index (χ0v) is 25.9. The first-order chi connectivity index (χ1) is 23.1. The summed E-state index contributed by atoms with van der Waals surface area (Å²) < 4.78 is 54.4. The number of aromatic nitrogens is 2. The van der Waals surface area contributed by atoms with Gasteiger partial charge in [-0.1, -0.05) is 35.7 Å². The maximum Gasteiger partial charge on any atom is 0.480 e. The van der Waals surface area contributed by atoms with Crippen LogP contribution in [-0.2, 0) is 0 Å². The van der Waals surface area contributed by atoms with Gasteiger partial charge in [0.25, 0.3) is 0 Å². The maximum absolute atomic E-state index is 17.0. The van der Waals surface area contributed by atoms with E-state index in [0.29, 0.717) is 37.3 Å². The highest BCUT2D eigenvalue weighted by atomic mass is 19.1. The molecule has 8 rings (SSSR count). The molecule has 48 heavy (non-hydrogen) atoms. The number of anilines is 2. The van der Waals surface area contributed by atoms with E-state index in [9.17, 15) is 14.4 Å². The van der Waals surface area contributed by atoms with Crippen molar-refractivity contribution in [1.82, 2.24) is 20.2 Å². The van der Waals surface area contributed by atoms with Crippen LogP contribution in [0.25, 0.3) is 32.8 Å². The van der Waals surface area contributed by atoms with Gasteiger partial charge in [0.1, 0.15) is 29.6 Å². The first-order valence-electron chi connectivity index (χ1n) is 15.9. The average Bonchev–Trinajstić information content (AvgIpc) is 3.70. The summed E-state index contributed by atoms with van der Waals surface area (Å²) in [4.78, 5) is 13.5. The smallest absolute Gasteiger partial charge is 0.461 e. The Labute approximate surface area is 275 Å². The van der Waals surface area contributed by atoms with E-state index in [1.807, 2.05) is 4.90 Å². The zero-order chi connectivity index (χ0) is 33.3. The Morgan fingerprint density at radius 1 is 1.12 bits per heavy atom. The molecule has 1 aromatic heterocycles. The summed E-state index contributed by atoms with van der Waals surface area (Å²) in [7, 11) is -1.55. The highest BCUT2D eigenvalue weighted by Gasteiger charge is 2.47. The number of ether oxygens (including phenoxy) is 1. The zero-order valence-electron chi connectivity index (χ0n) is 25.9. The largest absolute Gasteiger partial charge is 0.480 e. The van der Waals surface area contributed by atoms with Crippen LogP contribution >= 0.6 is 0 Å². The molecule has 5 heterocycles. The van der Waals surface area contributed by atoms with Crippen LogP contribution in [0.1, 0.15) is 24.8 Å². The van der Waals surface area contributed by atoms with Crippen molar-refractivity contribution in [2.45, 2.75) is 36.9 Å². The molecule has 13 heteroatoms. The van der Waals surface area contributed by atoms with Crippen LogP contribution in [0.4, 0.5) is 24.7 Å². The van der Waals surface area contributed by atoms with Crippen molar-refractivity contribution in [2.75, 3.05) is 43.4 Å². The third kappa shape index (κ3) is 5.07. The summed E-state index contributed by atoms with van der Waals surface area (Å²) in [6.07, 6.45) is 12.2. The molecule has 0 saturated carbocycles. The molecule has 4 aliphatic rings. The number of fused-ring (bicyclic) bond motifs is 5. The second-order valence-corrected chi connectivity index (χ2v) is 13.1. The van der Waals surface area contributed by atoms with E-state index in [4.69, 9.17) is 21.9 Å². The lowest BCUT2D eigenvalue weighted by molar-refractivity contribution is 0.108. The number of hydrogen-bond donors (Lipinski definition) is 4. The normalized spacial score (nSPS) is 24.2. The van der Waals surface area contributed by atoms with Gasteiger partial charge in [-0.2, -0.15) is 9.97 Å². The Bertz CT molecular complexity index is 2090. The predicted octanol–water partition coefficient (Wildman–Crippen LogP) is 3.70. The summed E-state index contributed by atoms with van der Waals surface area (Å²) in [5, 5.41) is 23.3. The Hall–Kier alpha value is -4.61. The number of nitrogens with one attached hydrogen (secondary N) is 1. The van der Waals surface area contributed by atoms with Crippen molar-refractivity contribution in [3.05, 3.63) is 77.0 Å². The monoisotopic (exact) mass is 652 g/mol. The minimum Gasteiger partial charge on any atom is -0.461 e. The van der Waals surface area contributed by atoms with Crippen LogP contribution in [0, 0.1) is 29.8 Å². The van der Waals surface area contributed by atoms with E-state index in [1.54, 1.807) is 6.07 Å². The highest BCUT2D eigenvalue weighted by Crippen LogP contribution is 2.43. The number of nitrogens with zero attached hydrogens (tertiary/aromatic N) is 4. The number of terminal acetylenes is 1. The van der Waals surface area contributed by atoms with E-state index in [0.717, 1.165) is 25.0 Å². The van der Waals surface area contributed by atoms with Crippen molar-refractivity contribution < 1.29 is 28.0 Å². The molecule has 3 saturated heterocycles. The molecule has 0 amide bonds. The van der Waals surface area contributed by atoms with Gasteiger partial charge in [-0.25, -0.2) is 13.2 Å². The summed E-state index contributed by atoms with van der Waals surface area (Å²) in [6, 6.07) is 6.85. The fraction of sp³-hybridized carbons (Fsp3) is 0.314. The SMILES string of the molecule is C#Cc1c(F)ccc2cc(N)cc(-c3c(F)cc4c(N5CC6C=CC(C5)N6)nc(OC[C@]56CCCN5C/C(=C\B(O)O)C6)nc4c3F)c12. The van der Waals surface area contributed by atoms with Crippen LogP contribution in [0.15, 0.2) is 54.0 Å². The lowest BCUT2D eigenvalue weighted by atomic mass is 9.85. The molecule has 0 aliphatic carbocycles. The van der Waals surface area contributed by atoms with Crippen molar-refractivity contribution in [2.24, 2.45) is 0 Å². The number of nitrogens with two attached hydrogens (primary N) is 1. The van der Waals surface area contributed by atoms with Gasteiger partial charge in [0.15, 0.2) is 5.82 Å². The van der Waals surface area contributed by atoms with E-state index in [-0.39, 0.29) is 57.8 Å². The van der Waals surface area contributed by atoms with Crippen molar-refractivity contribution in [3.8, 4) is 29.5 Å². The Morgan fingerprint density at radius 2 is 1.92 bits per heavy atom. The van der Waals surface area contributed by atoms with Crippen LogP contribution in [0.3, 0.4) is 0 Å². The standard InChI is InChI=1S/C35H32BF3N6O3/c1-2-24-27(37)7-4-20-10-21(40)11-25(29(20)24)30-28(38)12-26-32(31(30)39)42-34(43-33(26)44-16-22-5-6-23(17-44)41-22)48-18-35-8-3-9-45(35)15-19(13-35)14-36(46)47/h1,4-7,10-12,14,22-23,41,46-47H,3,8-9,13,15-18,40H2/b19-14-/t22?,23?,35-/m1/s1. The van der Waals surface area contributed by atoms with Crippen LogP contribution < -0.4 is 20.7 Å². The van der Waals surface area contributed by atoms with Crippen LogP contribution in [0.5, 0.6) is 6.01 Å². The number of nitrogen functional groups attached to an aromatic ring is 1. The topological polar surface area (TPSA) is 120 Å². The second-order valence-electron chi connectivity index (χ2n) is 13.1. The first-order valence-corrected chi connectivity index (χ1v) is 15.9. The number of rotatable bonds is 6. The molecule has 0 spiro atoms. The van der Waals surface area contributed by atoms with Crippen molar-refractivity contribution in [1.29, 1.82) is 0 Å². The summed E-state index contributed by atoms with van der Waals surface area (Å²) in [6.45, 7) is 2.64. The Morgan fingerprint density at radius 3 is 2.67 bits per heavy atom. The predicted molar refractivity (Wildman–Crippen MR) is 179 cm³/mol. The molecule has 5 N–H and O–H groups in total. The molecule has 2 unspecified atom stereocenters. The minimum atomic E-state index is -1.55. The molecule has 3 aromatic carbocycles. The maximum atomic E-state index is 17.0. The lowest BCUT2D eigenvalue weighted by Crippen LogP contribution is -2.52. The molecular weight excluding hydrogens is 620 g/mol. The molecule has 9 nitrogen and oxygen atoms in total. The Kier molecular flexibility index (Phi) is 7.37. The molecule has 2 bridgehead atoms. The lowest BCUT2D eigenvalue weighted by Gasteiger charge is -2.35. The summed E-state index contributed by atoms with van der Waals surface area (Å²) in [5.41, 5.74) is 6.18. The van der Waals surface area contributed by atoms with E-state index >= 15 is 8.78 Å². The molecule has 244 valence electrons. The quantitative estimate of drug-likeness (QED) is 0.107. The van der Waals surface area contributed by atoms with Crippen LogP contribution in [-0.4, -0.2) is 82.4 Å². The Balaban J connectivity index is 1.27. The van der Waals surface area contributed by atoms with Crippen LogP contribution in [0.2, 0.25) is 0 Å². The van der Waals surface area contributed by atoms with Gasteiger partial charge in [0.2, 0.25) is 0 Å². The molecule has 4 aliphatic heterocycles. The van der Waals surface area contributed by atoms with Crippen molar-refractivity contribution >= 4 is 40.3 Å². The van der Waals surface area contributed by atoms with Gasteiger partial charge in [-0.15, -0.1) is 6.42 Å².